The van der Waals surface area contributed by atoms with Gasteiger partial charge < -0.3 is 9.84 Å². The van der Waals surface area contributed by atoms with Gasteiger partial charge in [0.2, 0.25) is 5.91 Å². The van der Waals surface area contributed by atoms with E-state index >= 15 is 0 Å². The summed E-state index contributed by atoms with van der Waals surface area (Å²) in [6, 6.07) is 9.37. The molecule has 2 atom stereocenters. The fraction of sp³-hybridized carbons (Fsp3) is 0.520. The van der Waals surface area contributed by atoms with Crippen LogP contribution in [0, 0.1) is 0 Å². The van der Waals surface area contributed by atoms with E-state index in [-0.39, 0.29) is 19.1 Å². The second kappa shape index (κ2) is 13.0. The zero-order valence-electron chi connectivity index (χ0n) is 18.3. The van der Waals surface area contributed by atoms with Gasteiger partial charge in [-0.2, -0.15) is 0 Å². The van der Waals surface area contributed by atoms with Gasteiger partial charge in [0.05, 0.1) is 18.6 Å². The van der Waals surface area contributed by atoms with Crippen LogP contribution in [0.2, 0.25) is 0 Å². The maximum atomic E-state index is 12.7. The molecule has 1 aliphatic heterocycles. The van der Waals surface area contributed by atoms with Crippen molar-refractivity contribution in [1.82, 2.24) is 4.90 Å². The minimum Gasteiger partial charge on any atom is -0.447 e. The number of imide groups is 1. The Labute approximate surface area is 180 Å². The van der Waals surface area contributed by atoms with E-state index in [4.69, 9.17) is 4.74 Å². The molecule has 30 heavy (non-hydrogen) atoms. The topological polar surface area (TPSA) is 66.8 Å². The second-order valence-electron chi connectivity index (χ2n) is 7.95. The Kier molecular flexibility index (Phi) is 10.4. The summed E-state index contributed by atoms with van der Waals surface area (Å²) in [4.78, 5) is 25.9. The van der Waals surface area contributed by atoms with Crippen molar-refractivity contribution in [3.05, 3.63) is 59.7 Å². The number of hydrogen-bond donors (Lipinski definition) is 1. The quantitative estimate of drug-likeness (QED) is 0.378. The van der Waals surface area contributed by atoms with E-state index in [0.29, 0.717) is 12.0 Å². The summed E-state index contributed by atoms with van der Waals surface area (Å²) < 4.78 is 5.10. The molecule has 1 aliphatic rings. The molecule has 1 fully saturated rings. The lowest BCUT2D eigenvalue weighted by molar-refractivity contribution is -0.130. The van der Waals surface area contributed by atoms with E-state index in [2.05, 4.69) is 13.0 Å². The van der Waals surface area contributed by atoms with E-state index in [9.17, 15) is 14.7 Å². The minimum atomic E-state index is -0.919. The van der Waals surface area contributed by atoms with E-state index in [1.807, 2.05) is 42.5 Å². The molecule has 0 unspecified atom stereocenters. The summed E-state index contributed by atoms with van der Waals surface area (Å²) in [6.45, 7) is 4.19. The lowest BCUT2D eigenvalue weighted by Crippen LogP contribution is -2.41. The molecule has 0 spiro atoms. The smallest absolute Gasteiger partial charge is 0.416 e. The highest BCUT2D eigenvalue weighted by atomic mass is 16.6. The van der Waals surface area contributed by atoms with E-state index in [1.165, 1.54) is 32.1 Å². The van der Waals surface area contributed by atoms with Crippen LogP contribution < -0.4 is 0 Å². The van der Waals surface area contributed by atoms with Gasteiger partial charge in [-0.25, -0.2) is 9.69 Å². The summed E-state index contributed by atoms with van der Waals surface area (Å²) in [5.41, 5.74) is 1.74. The van der Waals surface area contributed by atoms with Crippen LogP contribution in [0.1, 0.15) is 64.4 Å². The van der Waals surface area contributed by atoms with Crippen molar-refractivity contribution in [2.45, 2.75) is 77.4 Å². The third-order valence-corrected chi connectivity index (χ3v) is 5.41. The number of ether oxygens (including phenoxy) is 1. The number of aliphatic hydroxyl groups is 1. The van der Waals surface area contributed by atoms with Crippen LogP contribution in [0.3, 0.4) is 0 Å². The normalized spacial score (nSPS) is 18.1. The first-order chi connectivity index (χ1) is 14.5. The Morgan fingerprint density at radius 2 is 1.97 bits per heavy atom. The molecule has 2 amide bonds. The molecule has 0 saturated carbocycles. The molecule has 0 aliphatic carbocycles. The highest BCUT2D eigenvalue weighted by Gasteiger charge is 2.38. The zero-order chi connectivity index (χ0) is 21.8. The number of hydrogen-bond acceptors (Lipinski definition) is 4. The first kappa shape index (κ1) is 23.9. The number of rotatable bonds is 12. The van der Waals surface area contributed by atoms with Gasteiger partial charge in [0.15, 0.2) is 0 Å². The van der Waals surface area contributed by atoms with Gasteiger partial charge in [-0.1, -0.05) is 81.2 Å². The first-order valence-electron chi connectivity index (χ1n) is 11.1. The molecule has 1 N–H and O–H groups in total. The number of carbonyl (C=O) groups excluding carboxylic acids is 2. The third-order valence-electron chi connectivity index (χ3n) is 5.41. The number of unbranched alkanes of at least 4 members (excludes halogenated alkanes) is 5. The number of cyclic esters (lactones) is 1. The van der Waals surface area contributed by atoms with Crippen LogP contribution in [0.25, 0.3) is 0 Å². The van der Waals surface area contributed by atoms with E-state index < -0.39 is 18.1 Å². The number of allylic oxidation sites excluding steroid dienone is 3. The van der Waals surface area contributed by atoms with Crippen molar-refractivity contribution in [3.8, 4) is 0 Å². The van der Waals surface area contributed by atoms with Crippen LogP contribution in [0.4, 0.5) is 4.79 Å². The van der Waals surface area contributed by atoms with Crippen LogP contribution in [-0.2, 0) is 16.0 Å². The molecule has 1 aromatic rings. The zero-order valence-corrected chi connectivity index (χ0v) is 18.3. The Hall–Kier alpha value is -2.40. The number of carbonyl (C=O) groups is 2. The molecule has 0 aromatic heterocycles. The number of aliphatic hydroxyl groups excluding tert-OH is 1. The molecule has 5 nitrogen and oxygen atoms in total. The van der Waals surface area contributed by atoms with Crippen LogP contribution in [0.5, 0.6) is 0 Å². The first-order valence-corrected chi connectivity index (χ1v) is 11.1. The number of nitrogens with zero attached hydrogens (tertiary/aromatic N) is 1. The fourth-order valence-electron chi connectivity index (χ4n) is 3.52. The van der Waals surface area contributed by atoms with Crippen LogP contribution in [-0.4, -0.2) is 40.8 Å². The monoisotopic (exact) mass is 413 g/mol. The lowest BCUT2D eigenvalue weighted by atomic mass is 10.0. The van der Waals surface area contributed by atoms with Crippen molar-refractivity contribution in [2.24, 2.45) is 0 Å². The maximum Gasteiger partial charge on any atom is 0.416 e. The fourth-order valence-corrected chi connectivity index (χ4v) is 3.52. The van der Waals surface area contributed by atoms with Gasteiger partial charge in [-0.15, -0.1) is 0 Å². The van der Waals surface area contributed by atoms with Crippen molar-refractivity contribution < 1.29 is 19.4 Å². The molecule has 0 bridgehead atoms. The third kappa shape index (κ3) is 7.79. The molecule has 1 aromatic carbocycles. The summed E-state index contributed by atoms with van der Waals surface area (Å²) in [5, 5.41) is 10.4. The van der Waals surface area contributed by atoms with Crippen molar-refractivity contribution >= 4 is 12.0 Å². The summed E-state index contributed by atoms with van der Waals surface area (Å²) in [6.07, 6.45) is 12.0. The molecule has 1 saturated heterocycles. The molecule has 5 heteroatoms. The lowest BCUT2D eigenvalue weighted by Gasteiger charge is -2.21. The SMILES string of the molecule is CCCCCCC/C=C/C=C(\C)[C@@H](O)CC(=O)N1C(=O)OC[C@@H]1Cc1ccccc1. The summed E-state index contributed by atoms with van der Waals surface area (Å²) in [5.74, 6) is -0.404. The molecular weight excluding hydrogens is 378 g/mol. The van der Waals surface area contributed by atoms with Gasteiger partial charge in [0.25, 0.3) is 0 Å². The van der Waals surface area contributed by atoms with Gasteiger partial charge in [-0.05, 0) is 37.3 Å². The Morgan fingerprint density at radius 1 is 1.23 bits per heavy atom. The number of amides is 2. The average molecular weight is 414 g/mol. The summed E-state index contributed by atoms with van der Waals surface area (Å²) in [7, 11) is 0. The second-order valence-corrected chi connectivity index (χ2v) is 7.95. The Morgan fingerprint density at radius 3 is 2.70 bits per heavy atom. The largest absolute Gasteiger partial charge is 0.447 e. The minimum absolute atomic E-state index is 0.131. The Balaban J connectivity index is 1.83. The van der Waals surface area contributed by atoms with Gasteiger partial charge in [0.1, 0.15) is 6.61 Å². The van der Waals surface area contributed by atoms with Crippen LogP contribution in [0.15, 0.2) is 54.1 Å². The van der Waals surface area contributed by atoms with E-state index in [1.54, 1.807) is 6.92 Å². The van der Waals surface area contributed by atoms with Crippen molar-refractivity contribution in [2.75, 3.05) is 6.61 Å². The predicted molar refractivity (Wildman–Crippen MR) is 119 cm³/mol. The molecule has 0 radical (unpaired) electrons. The van der Waals surface area contributed by atoms with Gasteiger partial charge in [0, 0.05) is 0 Å². The van der Waals surface area contributed by atoms with Crippen molar-refractivity contribution in [3.63, 3.8) is 0 Å². The number of benzene rings is 1. The van der Waals surface area contributed by atoms with Crippen LogP contribution >= 0.6 is 0 Å². The molecule has 1 heterocycles. The predicted octanol–water partition coefficient (Wildman–Crippen LogP) is 5.19. The van der Waals surface area contributed by atoms with Gasteiger partial charge >= 0.3 is 6.09 Å². The van der Waals surface area contributed by atoms with E-state index in [0.717, 1.165) is 16.9 Å². The molecular formula is C25H35NO4. The Bertz CT molecular complexity index is 726. The van der Waals surface area contributed by atoms with Crippen molar-refractivity contribution in [1.29, 1.82) is 0 Å². The van der Waals surface area contributed by atoms with Gasteiger partial charge in [-0.3, -0.25) is 4.79 Å². The molecule has 2 rings (SSSR count). The highest BCUT2D eigenvalue weighted by Crippen LogP contribution is 2.20. The molecule has 164 valence electrons. The average Bonchev–Trinajstić information content (AvgIpc) is 3.10. The summed E-state index contributed by atoms with van der Waals surface area (Å²) >= 11 is 0. The standard InChI is InChI=1S/C25H35NO4/c1-3-4-5-6-7-8-9-11-14-20(2)23(27)18-24(28)26-22(19-30-25(26)29)17-21-15-12-10-13-16-21/h9-16,22-23,27H,3-8,17-19H2,1-2H3/b11-9+,20-14+/t22-,23-/m0/s1. The maximum absolute atomic E-state index is 12.7. The highest BCUT2D eigenvalue weighted by molar-refractivity contribution is 5.94.